The van der Waals surface area contributed by atoms with Gasteiger partial charge in [0.25, 0.3) is 0 Å². The van der Waals surface area contributed by atoms with Gasteiger partial charge in [0.2, 0.25) is 10.0 Å². The number of aliphatic hydroxyl groups excluding tert-OH is 1. The first-order valence-electron chi connectivity index (χ1n) is 5.00. The Bertz CT molecular complexity index is 428. The van der Waals surface area contributed by atoms with Gasteiger partial charge < -0.3 is 14.8 Å². The molecule has 0 aromatic carbocycles. The fourth-order valence-corrected chi connectivity index (χ4v) is 3.07. The highest BCUT2D eigenvalue weighted by Gasteiger charge is 2.30. The molecular formula is C9H14N2O4S. The van der Waals surface area contributed by atoms with Crippen molar-refractivity contribution >= 4 is 10.0 Å². The number of nitrogens with zero attached hydrogens (tertiary/aromatic N) is 1. The van der Waals surface area contributed by atoms with Gasteiger partial charge in [0.05, 0.1) is 24.2 Å². The van der Waals surface area contributed by atoms with Crippen molar-refractivity contribution in [3.63, 3.8) is 0 Å². The van der Waals surface area contributed by atoms with E-state index in [0.717, 1.165) is 0 Å². The first-order chi connectivity index (χ1) is 7.64. The van der Waals surface area contributed by atoms with E-state index in [-0.39, 0.29) is 18.0 Å². The maximum atomic E-state index is 12.1. The standard InChI is InChI=1S/C9H14N2O4S/c12-7-8-6-11(3-4-15-8)16(13,14)9-1-2-10-5-9/h1-2,5,8,10,12H,3-4,6-7H2. The van der Waals surface area contributed by atoms with E-state index in [0.29, 0.717) is 13.2 Å². The maximum Gasteiger partial charge on any atom is 0.244 e. The molecule has 0 saturated carbocycles. The lowest BCUT2D eigenvalue weighted by molar-refractivity contribution is -0.0304. The Hall–Kier alpha value is -0.890. The average Bonchev–Trinajstić information content (AvgIpc) is 2.83. The predicted molar refractivity (Wildman–Crippen MR) is 56.4 cm³/mol. The molecule has 1 saturated heterocycles. The van der Waals surface area contributed by atoms with Gasteiger partial charge in [0.1, 0.15) is 0 Å². The van der Waals surface area contributed by atoms with Gasteiger partial charge in [-0.05, 0) is 6.07 Å². The van der Waals surface area contributed by atoms with E-state index in [2.05, 4.69) is 4.98 Å². The molecule has 7 heteroatoms. The molecule has 0 bridgehead atoms. The SMILES string of the molecule is O=S(=O)(c1cc[nH]c1)N1CCOC(CO)C1. The van der Waals surface area contributed by atoms with Crippen LogP contribution in [0.3, 0.4) is 0 Å². The van der Waals surface area contributed by atoms with Crippen LogP contribution in [0, 0.1) is 0 Å². The van der Waals surface area contributed by atoms with Crippen LogP contribution >= 0.6 is 0 Å². The van der Waals surface area contributed by atoms with E-state index in [1.807, 2.05) is 0 Å². The van der Waals surface area contributed by atoms with Gasteiger partial charge in [-0.3, -0.25) is 0 Å². The molecule has 1 aliphatic heterocycles. The Morgan fingerprint density at radius 3 is 3.06 bits per heavy atom. The van der Waals surface area contributed by atoms with Crippen molar-refractivity contribution in [1.29, 1.82) is 0 Å². The van der Waals surface area contributed by atoms with E-state index in [9.17, 15) is 8.42 Å². The lowest BCUT2D eigenvalue weighted by atomic mass is 10.3. The monoisotopic (exact) mass is 246 g/mol. The van der Waals surface area contributed by atoms with Crippen LogP contribution in [0.5, 0.6) is 0 Å². The number of aromatic amines is 1. The summed E-state index contributed by atoms with van der Waals surface area (Å²) in [6, 6.07) is 1.51. The number of hydrogen-bond acceptors (Lipinski definition) is 4. The first-order valence-corrected chi connectivity index (χ1v) is 6.44. The van der Waals surface area contributed by atoms with Crippen molar-refractivity contribution in [2.45, 2.75) is 11.0 Å². The zero-order valence-corrected chi connectivity index (χ0v) is 9.48. The summed E-state index contributed by atoms with van der Waals surface area (Å²) in [6.07, 6.45) is 2.58. The second-order valence-corrected chi connectivity index (χ2v) is 5.52. The fourth-order valence-electron chi connectivity index (χ4n) is 1.64. The van der Waals surface area contributed by atoms with Crippen molar-refractivity contribution < 1.29 is 18.3 Å². The topological polar surface area (TPSA) is 82.6 Å². The normalized spacial score (nSPS) is 23.4. The van der Waals surface area contributed by atoms with Crippen LogP contribution in [-0.2, 0) is 14.8 Å². The summed E-state index contributed by atoms with van der Waals surface area (Å²) in [7, 11) is -3.45. The van der Waals surface area contributed by atoms with Crippen LogP contribution in [-0.4, -0.2) is 55.2 Å². The molecule has 2 N–H and O–H groups in total. The maximum absolute atomic E-state index is 12.1. The number of sulfonamides is 1. The molecule has 1 aliphatic rings. The number of nitrogens with one attached hydrogen (secondary N) is 1. The summed E-state index contributed by atoms with van der Waals surface area (Å²) in [5.74, 6) is 0. The smallest absolute Gasteiger partial charge is 0.244 e. The van der Waals surface area contributed by atoms with Gasteiger partial charge in [0, 0.05) is 25.5 Å². The lowest BCUT2D eigenvalue weighted by Crippen LogP contribution is -2.46. The minimum Gasteiger partial charge on any atom is -0.394 e. The van der Waals surface area contributed by atoms with Crippen LogP contribution in [0.2, 0.25) is 0 Å². The first kappa shape index (κ1) is 11.6. The van der Waals surface area contributed by atoms with Gasteiger partial charge in [-0.1, -0.05) is 0 Å². The number of rotatable bonds is 3. The zero-order chi connectivity index (χ0) is 11.6. The van der Waals surface area contributed by atoms with Gasteiger partial charge in [-0.25, -0.2) is 8.42 Å². The molecule has 0 radical (unpaired) electrons. The Morgan fingerprint density at radius 1 is 1.62 bits per heavy atom. The number of ether oxygens (including phenoxy) is 1. The Kier molecular flexibility index (Phi) is 3.29. The van der Waals surface area contributed by atoms with Crippen molar-refractivity contribution in [1.82, 2.24) is 9.29 Å². The summed E-state index contributed by atoms with van der Waals surface area (Å²) in [4.78, 5) is 2.96. The fraction of sp³-hybridized carbons (Fsp3) is 0.556. The van der Waals surface area contributed by atoms with Crippen LogP contribution < -0.4 is 0 Å². The molecule has 1 atom stereocenters. The molecule has 2 heterocycles. The Balaban J connectivity index is 2.18. The second kappa shape index (κ2) is 4.54. The molecular weight excluding hydrogens is 232 g/mol. The largest absolute Gasteiger partial charge is 0.394 e. The van der Waals surface area contributed by atoms with E-state index in [1.54, 1.807) is 6.20 Å². The Labute approximate surface area is 93.9 Å². The van der Waals surface area contributed by atoms with Crippen LogP contribution in [0.4, 0.5) is 0 Å². The van der Waals surface area contributed by atoms with Gasteiger partial charge in [0.15, 0.2) is 0 Å². The molecule has 1 unspecified atom stereocenters. The van der Waals surface area contributed by atoms with Crippen LogP contribution in [0.25, 0.3) is 0 Å². The van der Waals surface area contributed by atoms with E-state index in [1.165, 1.54) is 16.6 Å². The average molecular weight is 246 g/mol. The third-order valence-electron chi connectivity index (χ3n) is 2.51. The highest BCUT2D eigenvalue weighted by molar-refractivity contribution is 7.89. The third kappa shape index (κ3) is 2.12. The summed E-state index contributed by atoms with van der Waals surface area (Å²) in [6.45, 7) is 0.669. The molecule has 0 aliphatic carbocycles. The van der Waals surface area contributed by atoms with Crippen molar-refractivity contribution in [3.8, 4) is 0 Å². The number of aromatic nitrogens is 1. The highest BCUT2D eigenvalue weighted by atomic mass is 32.2. The summed E-state index contributed by atoms with van der Waals surface area (Å²) in [5, 5.41) is 8.95. The molecule has 1 aromatic heterocycles. The molecule has 6 nitrogen and oxygen atoms in total. The molecule has 1 aromatic rings. The van der Waals surface area contributed by atoms with Crippen LogP contribution in [0.15, 0.2) is 23.4 Å². The van der Waals surface area contributed by atoms with Gasteiger partial charge in [-0.15, -0.1) is 0 Å². The van der Waals surface area contributed by atoms with Crippen molar-refractivity contribution in [2.75, 3.05) is 26.3 Å². The number of morpholine rings is 1. The lowest BCUT2D eigenvalue weighted by Gasteiger charge is -2.30. The summed E-state index contributed by atoms with van der Waals surface area (Å²) >= 11 is 0. The second-order valence-electron chi connectivity index (χ2n) is 3.59. The molecule has 16 heavy (non-hydrogen) atoms. The Morgan fingerprint density at radius 2 is 2.44 bits per heavy atom. The molecule has 0 amide bonds. The number of H-pyrrole nitrogens is 1. The van der Waals surface area contributed by atoms with Crippen LogP contribution in [0.1, 0.15) is 0 Å². The quantitative estimate of drug-likeness (QED) is 0.746. The van der Waals surface area contributed by atoms with Crippen molar-refractivity contribution in [2.24, 2.45) is 0 Å². The van der Waals surface area contributed by atoms with Gasteiger partial charge in [-0.2, -0.15) is 4.31 Å². The third-order valence-corrected chi connectivity index (χ3v) is 4.37. The minimum atomic E-state index is -3.45. The van der Waals surface area contributed by atoms with Crippen molar-refractivity contribution in [3.05, 3.63) is 18.5 Å². The molecule has 2 rings (SSSR count). The van der Waals surface area contributed by atoms with E-state index >= 15 is 0 Å². The minimum absolute atomic E-state index is 0.168. The molecule has 0 spiro atoms. The molecule has 1 fully saturated rings. The highest BCUT2D eigenvalue weighted by Crippen LogP contribution is 2.17. The van der Waals surface area contributed by atoms with E-state index in [4.69, 9.17) is 9.84 Å². The molecule has 90 valence electrons. The predicted octanol–water partition coefficient (Wildman–Crippen LogP) is -0.603. The number of hydrogen-bond donors (Lipinski definition) is 2. The zero-order valence-electron chi connectivity index (χ0n) is 8.67. The summed E-state index contributed by atoms with van der Waals surface area (Å²) < 4.78 is 30.7. The van der Waals surface area contributed by atoms with E-state index < -0.39 is 16.1 Å². The number of aliphatic hydroxyl groups is 1. The summed E-state index contributed by atoms with van der Waals surface area (Å²) in [5.41, 5.74) is 0. The van der Waals surface area contributed by atoms with Gasteiger partial charge >= 0.3 is 0 Å².